The third-order valence-corrected chi connectivity index (χ3v) is 8.26. The second-order valence-corrected chi connectivity index (χ2v) is 12.2. The Labute approximate surface area is 264 Å². The first-order valence-corrected chi connectivity index (χ1v) is 18.0. The quantitative estimate of drug-likeness (QED) is 0.0998. The van der Waals surface area contributed by atoms with Gasteiger partial charge < -0.3 is 14.8 Å². The number of benzene rings is 2. The molecule has 2 rings (SSSR count). The first-order chi connectivity index (χ1) is 21.2. The van der Waals surface area contributed by atoms with E-state index in [4.69, 9.17) is 9.47 Å². The minimum Gasteiger partial charge on any atom is -0.494 e. The average molecular weight is 594 g/mol. The van der Waals surface area contributed by atoms with Gasteiger partial charge in [0.15, 0.2) is 0 Å². The van der Waals surface area contributed by atoms with Crippen LogP contribution in [0.1, 0.15) is 149 Å². The van der Waals surface area contributed by atoms with Crippen LogP contribution >= 0.6 is 0 Å². The Kier molecular flexibility index (Phi) is 22.2. The summed E-state index contributed by atoms with van der Waals surface area (Å²) in [6.07, 6.45) is 26.9. The van der Waals surface area contributed by atoms with Crippen molar-refractivity contribution >= 4 is 5.91 Å². The highest BCUT2D eigenvalue weighted by molar-refractivity contribution is 5.75. The SMILES string of the molecule is CCCCCCCCCCCCCCCCNC(=O)CCOc1ccc(-c2ccc(OCCCCCCCC)cc2)cc1. The summed E-state index contributed by atoms with van der Waals surface area (Å²) < 4.78 is 11.7. The van der Waals surface area contributed by atoms with Gasteiger partial charge >= 0.3 is 0 Å². The predicted octanol–water partition coefficient (Wildman–Crippen LogP) is 11.5. The van der Waals surface area contributed by atoms with Gasteiger partial charge in [-0.25, -0.2) is 0 Å². The number of unbranched alkanes of at least 4 members (excludes halogenated alkanes) is 18. The van der Waals surface area contributed by atoms with Crippen LogP contribution in [-0.4, -0.2) is 25.7 Å². The molecule has 0 saturated heterocycles. The van der Waals surface area contributed by atoms with Crippen LogP contribution in [0.25, 0.3) is 11.1 Å². The molecule has 4 nitrogen and oxygen atoms in total. The molecule has 242 valence electrons. The molecule has 4 heteroatoms. The van der Waals surface area contributed by atoms with Crippen molar-refractivity contribution in [2.24, 2.45) is 0 Å². The summed E-state index contributed by atoms with van der Waals surface area (Å²) in [5, 5.41) is 3.04. The summed E-state index contributed by atoms with van der Waals surface area (Å²) in [5.41, 5.74) is 2.29. The van der Waals surface area contributed by atoms with Crippen LogP contribution in [0.2, 0.25) is 0 Å². The summed E-state index contributed by atoms with van der Waals surface area (Å²) in [5.74, 6) is 1.80. The van der Waals surface area contributed by atoms with Crippen LogP contribution in [0.15, 0.2) is 48.5 Å². The Hall–Kier alpha value is -2.49. The van der Waals surface area contributed by atoms with Crippen LogP contribution in [0.4, 0.5) is 0 Å². The lowest BCUT2D eigenvalue weighted by Gasteiger charge is -2.09. The largest absolute Gasteiger partial charge is 0.494 e. The summed E-state index contributed by atoms with van der Waals surface area (Å²) in [7, 11) is 0. The Bertz CT molecular complexity index is 909. The van der Waals surface area contributed by atoms with Gasteiger partial charge in [-0.2, -0.15) is 0 Å². The van der Waals surface area contributed by atoms with Crippen LogP contribution in [0.5, 0.6) is 11.5 Å². The number of amides is 1. The van der Waals surface area contributed by atoms with Gasteiger partial charge in [0.25, 0.3) is 0 Å². The molecular formula is C39H63NO3. The highest BCUT2D eigenvalue weighted by Crippen LogP contribution is 2.25. The molecule has 0 radical (unpaired) electrons. The fourth-order valence-electron chi connectivity index (χ4n) is 5.46. The van der Waals surface area contributed by atoms with Crippen molar-refractivity contribution in [3.8, 4) is 22.6 Å². The smallest absolute Gasteiger partial charge is 0.223 e. The summed E-state index contributed by atoms with van der Waals surface area (Å²) in [4.78, 5) is 12.2. The molecule has 0 fully saturated rings. The highest BCUT2D eigenvalue weighted by Gasteiger charge is 2.04. The highest BCUT2D eigenvalue weighted by atomic mass is 16.5. The Morgan fingerprint density at radius 3 is 1.30 bits per heavy atom. The Morgan fingerprint density at radius 1 is 0.488 bits per heavy atom. The minimum atomic E-state index is 0.0742. The van der Waals surface area contributed by atoms with E-state index < -0.39 is 0 Å². The van der Waals surface area contributed by atoms with E-state index in [9.17, 15) is 4.79 Å². The van der Waals surface area contributed by atoms with Crippen LogP contribution in [0, 0.1) is 0 Å². The maximum Gasteiger partial charge on any atom is 0.223 e. The maximum atomic E-state index is 12.2. The van der Waals surface area contributed by atoms with E-state index >= 15 is 0 Å². The van der Waals surface area contributed by atoms with E-state index in [1.807, 2.05) is 24.3 Å². The molecule has 2 aromatic rings. The number of hydrogen-bond acceptors (Lipinski definition) is 3. The molecule has 2 aromatic carbocycles. The van der Waals surface area contributed by atoms with Gasteiger partial charge in [-0.05, 0) is 48.2 Å². The van der Waals surface area contributed by atoms with Gasteiger partial charge in [-0.1, -0.05) is 154 Å². The Morgan fingerprint density at radius 2 is 0.860 bits per heavy atom. The molecule has 0 bridgehead atoms. The molecule has 1 N–H and O–H groups in total. The number of ether oxygens (including phenoxy) is 2. The van der Waals surface area contributed by atoms with Gasteiger partial charge in [0, 0.05) is 6.54 Å². The minimum absolute atomic E-state index is 0.0742. The Balaban J connectivity index is 1.45. The molecule has 43 heavy (non-hydrogen) atoms. The van der Waals surface area contributed by atoms with Crippen molar-refractivity contribution < 1.29 is 14.3 Å². The number of carbonyl (C=O) groups is 1. The lowest BCUT2D eigenvalue weighted by Crippen LogP contribution is -2.25. The van der Waals surface area contributed by atoms with E-state index in [0.717, 1.165) is 48.6 Å². The van der Waals surface area contributed by atoms with Crippen molar-refractivity contribution in [3.63, 3.8) is 0 Å². The molecule has 0 saturated carbocycles. The number of hydrogen-bond donors (Lipinski definition) is 1. The molecule has 0 aliphatic rings. The first-order valence-electron chi connectivity index (χ1n) is 18.0. The second-order valence-electron chi connectivity index (χ2n) is 12.2. The molecule has 0 heterocycles. The zero-order valence-corrected chi connectivity index (χ0v) is 27.8. The van der Waals surface area contributed by atoms with Crippen LogP contribution < -0.4 is 14.8 Å². The number of carbonyl (C=O) groups excluding carboxylic acids is 1. The summed E-state index contributed by atoms with van der Waals surface area (Å²) in [6, 6.07) is 16.4. The van der Waals surface area contributed by atoms with E-state index in [1.165, 1.54) is 116 Å². The van der Waals surface area contributed by atoms with E-state index in [-0.39, 0.29) is 5.91 Å². The molecule has 0 aliphatic heterocycles. The van der Waals surface area contributed by atoms with Crippen molar-refractivity contribution in [2.75, 3.05) is 19.8 Å². The molecule has 0 spiro atoms. The van der Waals surface area contributed by atoms with Gasteiger partial charge in [0.2, 0.25) is 5.91 Å². The topological polar surface area (TPSA) is 47.6 Å². The van der Waals surface area contributed by atoms with Gasteiger partial charge in [0.05, 0.1) is 19.6 Å². The van der Waals surface area contributed by atoms with Crippen LogP contribution in [0.3, 0.4) is 0 Å². The third kappa shape index (κ3) is 19.4. The van der Waals surface area contributed by atoms with Gasteiger partial charge in [-0.3, -0.25) is 4.79 Å². The molecular weight excluding hydrogens is 530 g/mol. The van der Waals surface area contributed by atoms with E-state index in [2.05, 4.69) is 43.4 Å². The average Bonchev–Trinajstić information content (AvgIpc) is 3.03. The fraction of sp³-hybridized carbons (Fsp3) is 0.667. The van der Waals surface area contributed by atoms with Crippen molar-refractivity contribution in [2.45, 2.75) is 149 Å². The third-order valence-electron chi connectivity index (χ3n) is 8.26. The zero-order chi connectivity index (χ0) is 30.6. The van der Waals surface area contributed by atoms with Crippen molar-refractivity contribution in [1.29, 1.82) is 0 Å². The second kappa shape index (κ2) is 26.0. The molecule has 0 unspecified atom stereocenters. The molecule has 0 aliphatic carbocycles. The lowest BCUT2D eigenvalue weighted by atomic mass is 10.0. The van der Waals surface area contributed by atoms with E-state index in [0.29, 0.717) is 13.0 Å². The molecule has 0 atom stereocenters. The normalized spacial score (nSPS) is 11.0. The zero-order valence-electron chi connectivity index (χ0n) is 27.8. The lowest BCUT2D eigenvalue weighted by molar-refractivity contribution is -0.121. The summed E-state index contributed by atoms with van der Waals surface area (Å²) in [6.45, 7) is 6.49. The first kappa shape index (κ1) is 36.7. The van der Waals surface area contributed by atoms with Crippen molar-refractivity contribution in [1.82, 2.24) is 5.32 Å². The van der Waals surface area contributed by atoms with Crippen molar-refractivity contribution in [3.05, 3.63) is 48.5 Å². The van der Waals surface area contributed by atoms with E-state index in [1.54, 1.807) is 0 Å². The van der Waals surface area contributed by atoms with Gasteiger partial charge in [0.1, 0.15) is 11.5 Å². The predicted molar refractivity (Wildman–Crippen MR) is 184 cm³/mol. The fourth-order valence-corrected chi connectivity index (χ4v) is 5.46. The summed E-state index contributed by atoms with van der Waals surface area (Å²) >= 11 is 0. The standard InChI is InChI=1S/C39H63NO3/c1-3-5-7-9-11-12-13-14-15-16-17-18-19-21-32-40-39(41)31-34-43-38-29-25-36(26-30-38)35-23-27-37(28-24-35)42-33-22-20-10-8-6-4-2/h23-30H,3-22,31-34H2,1-2H3,(H,40,41). The van der Waals surface area contributed by atoms with Gasteiger partial charge in [-0.15, -0.1) is 0 Å². The maximum absolute atomic E-state index is 12.2. The number of rotatable bonds is 28. The van der Waals surface area contributed by atoms with Crippen LogP contribution in [-0.2, 0) is 4.79 Å². The number of nitrogens with one attached hydrogen (secondary N) is 1. The molecule has 0 aromatic heterocycles. The monoisotopic (exact) mass is 593 g/mol. The molecule has 1 amide bonds.